The molecule has 2 aliphatic rings. The molecule has 0 spiro atoms. The van der Waals surface area contributed by atoms with E-state index in [4.69, 9.17) is 9.72 Å². The van der Waals surface area contributed by atoms with Gasteiger partial charge in [0.2, 0.25) is 0 Å². The molecular weight excluding hydrogens is 330 g/mol. The molecule has 0 N–H and O–H groups in total. The Labute approximate surface area is 164 Å². The summed E-state index contributed by atoms with van der Waals surface area (Å²) in [6.45, 7) is 2.75. The van der Waals surface area contributed by atoms with Crippen molar-refractivity contribution >= 4 is 0 Å². The van der Waals surface area contributed by atoms with Gasteiger partial charge in [0.15, 0.2) is 0 Å². The van der Waals surface area contributed by atoms with Gasteiger partial charge in [-0.1, -0.05) is 50.7 Å². The van der Waals surface area contributed by atoms with Crippen molar-refractivity contribution in [3.05, 3.63) is 47.8 Å². The highest BCUT2D eigenvalue weighted by Crippen LogP contribution is 2.38. The topological polar surface area (TPSA) is 22.1 Å². The molecule has 2 nitrogen and oxygen atoms in total. The summed E-state index contributed by atoms with van der Waals surface area (Å²) in [7, 11) is 0. The van der Waals surface area contributed by atoms with E-state index >= 15 is 0 Å². The zero-order valence-corrected chi connectivity index (χ0v) is 16.8. The summed E-state index contributed by atoms with van der Waals surface area (Å²) in [4.78, 5) is 5.23. The summed E-state index contributed by atoms with van der Waals surface area (Å²) in [6, 6.07) is 13.3. The van der Waals surface area contributed by atoms with Crippen molar-refractivity contribution in [2.24, 2.45) is 0 Å². The normalized spacial score (nSPS) is 19.1. The summed E-state index contributed by atoms with van der Waals surface area (Å²) in [5.74, 6) is 2.27. The van der Waals surface area contributed by atoms with Gasteiger partial charge in [-0.3, -0.25) is 4.98 Å². The van der Waals surface area contributed by atoms with Gasteiger partial charge < -0.3 is 4.74 Å². The van der Waals surface area contributed by atoms with Crippen molar-refractivity contribution in [2.75, 3.05) is 6.61 Å². The fourth-order valence-electron chi connectivity index (χ4n) is 4.87. The van der Waals surface area contributed by atoms with Gasteiger partial charge in [-0.25, -0.2) is 0 Å². The highest BCUT2D eigenvalue weighted by Gasteiger charge is 2.22. The van der Waals surface area contributed by atoms with Crippen LogP contribution in [-0.2, 0) is 0 Å². The number of hydrogen-bond donors (Lipinski definition) is 0. The molecule has 144 valence electrons. The second kappa shape index (κ2) is 8.91. The second-order valence-corrected chi connectivity index (χ2v) is 8.33. The zero-order chi connectivity index (χ0) is 18.5. The largest absolute Gasteiger partial charge is 0.494 e. The maximum Gasteiger partial charge on any atom is 0.119 e. The number of aromatic nitrogens is 1. The fourth-order valence-corrected chi connectivity index (χ4v) is 4.87. The molecule has 2 aromatic rings. The molecule has 2 fully saturated rings. The first kappa shape index (κ1) is 18.5. The zero-order valence-electron chi connectivity index (χ0n) is 16.8. The van der Waals surface area contributed by atoms with Crippen LogP contribution in [-0.4, -0.2) is 11.6 Å². The van der Waals surface area contributed by atoms with Gasteiger partial charge in [-0.05, 0) is 68.0 Å². The predicted molar refractivity (Wildman–Crippen MR) is 112 cm³/mol. The van der Waals surface area contributed by atoms with E-state index in [1.165, 1.54) is 86.7 Å². The van der Waals surface area contributed by atoms with Crippen LogP contribution in [0.5, 0.6) is 5.75 Å². The van der Waals surface area contributed by atoms with Gasteiger partial charge >= 0.3 is 0 Å². The van der Waals surface area contributed by atoms with Gasteiger partial charge in [-0.2, -0.15) is 0 Å². The van der Waals surface area contributed by atoms with Crippen LogP contribution in [0.4, 0.5) is 0 Å². The standard InChI is InChI=1S/C25H33NO/c1-2-27-23-15-13-19(14-16-23)22-17-24(20-9-5-3-6-10-20)26-25(18-22)21-11-7-4-8-12-21/h13-18,20-21H,2-12H2,1H3. The Morgan fingerprint density at radius 3 is 1.74 bits per heavy atom. The van der Waals surface area contributed by atoms with Crippen molar-refractivity contribution in [2.45, 2.75) is 83.0 Å². The highest BCUT2D eigenvalue weighted by atomic mass is 16.5. The van der Waals surface area contributed by atoms with Crippen LogP contribution >= 0.6 is 0 Å². The summed E-state index contributed by atoms with van der Waals surface area (Å²) in [5, 5.41) is 0. The molecule has 2 aliphatic carbocycles. The minimum Gasteiger partial charge on any atom is -0.494 e. The first-order valence-electron chi connectivity index (χ1n) is 11.1. The molecular formula is C25H33NO. The second-order valence-electron chi connectivity index (χ2n) is 8.33. The lowest BCUT2D eigenvalue weighted by Gasteiger charge is -2.26. The Kier molecular flexibility index (Phi) is 6.11. The molecule has 4 rings (SSSR count). The van der Waals surface area contributed by atoms with Crippen LogP contribution in [0.3, 0.4) is 0 Å². The van der Waals surface area contributed by atoms with E-state index in [2.05, 4.69) is 36.4 Å². The lowest BCUT2D eigenvalue weighted by Crippen LogP contribution is -2.12. The summed E-state index contributed by atoms with van der Waals surface area (Å²) in [5.41, 5.74) is 5.33. The smallest absolute Gasteiger partial charge is 0.119 e. The SMILES string of the molecule is CCOc1ccc(-c2cc(C3CCCCC3)nc(C3CCCCC3)c2)cc1. The number of rotatable bonds is 5. The minimum absolute atomic E-state index is 0.656. The van der Waals surface area contributed by atoms with Crippen molar-refractivity contribution in [3.63, 3.8) is 0 Å². The highest BCUT2D eigenvalue weighted by molar-refractivity contribution is 5.65. The quantitative estimate of drug-likeness (QED) is 0.558. The summed E-state index contributed by atoms with van der Waals surface area (Å²) >= 11 is 0. The van der Waals surface area contributed by atoms with Crippen LogP contribution < -0.4 is 4.74 Å². The molecule has 0 saturated heterocycles. The van der Waals surface area contributed by atoms with E-state index in [9.17, 15) is 0 Å². The van der Waals surface area contributed by atoms with E-state index in [-0.39, 0.29) is 0 Å². The Balaban J connectivity index is 1.68. The molecule has 1 aromatic heterocycles. The monoisotopic (exact) mass is 363 g/mol. The van der Waals surface area contributed by atoms with Crippen molar-refractivity contribution < 1.29 is 4.74 Å². The molecule has 2 saturated carbocycles. The van der Waals surface area contributed by atoms with Gasteiger partial charge in [-0.15, -0.1) is 0 Å². The molecule has 0 radical (unpaired) electrons. The third-order valence-corrected chi connectivity index (χ3v) is 6.41. The van der Waals surface area contributed by atoms with Crippen molar-refractivity contribution in [1.29, 1.82) is 0 Å². The van der Waals surface area contributed by atoms with Crippen LogP contribution in [0.2, 0.25) is 0 Å². The number of hydrogen-bond acceptors (Lipinski definition) is 2. The third kappa shape index (κ3) is 4.54. The van der Waals surface area contributed by atoms with Gasteiger partial charge in [0, 0.05) is 23.2 Å². The molecule has 0 aliphatic heterocycles. The van der Waals surface area contributed by atoms with Crippen LogP contribution in [0.25, 0.3) is 11.1 Å². The van der Waals surface area contributed by atoms with Crippen LogP contribution in [0.15, 0.2) is 36.4 Å². The fraction of sp³-hybridized carbons (Fsp3) is 0.560. The number of benzene rings is 1. The first-order chi connectivity index (χ1) is 13.3. The van der Waals surface area contributed by atoms with Crippen molar-refractivity contribution in [1.82, 2.24) is 4.98 Å². The van der Waals surface area contributed by atoms with Crippen LogP contribution in [0, 0.1) is 0 Å². The molecule has 1 aromatic carbocycles. The van der Waals surface area contributed by atoms with E-state index in [1.54, 1.807) is 0 Å². The molecule has 0 atom stereocenters. The maximum atomic E-state index is 5.62. The average molecular weight is 364 g/mol. The Bertz CT molecular complexity index is 688. The predicted octanol–water partition coefficient (Wildman–Crippen LogP) is 7.24. The number of pyridine rings is 1. The Morgan fingerprint density at radius 2 is 1.26 bits per heavy atom. The average Bonchev–Trinajstić information content (AvgIpc) is 2.75. The van der Waals surface area contributed by atoms with Gasteiger partial charge in [0.1, 0.15) is 5.75 Å². The molecule has 0 amide bonds. The molecule has 0 bridgehead atoms. The lowest BCUT2D eigenvalue weighted by atomic mass is 9.83. The van der Waals surface area contributed by atoms with Gasteiger partial charge in [0.05, 0.1) is 6.61 Å². The minimum atomic E-state index is 0.656. The number of nitrogens with zero attached hydrogens (tertiary/aromatic N) is 1. The summed E-state index contributed by atoms with van der Waals surface area (Å²) < 4.78 is 5.62. The Morgan fingerprint density at radius 1 is 0.741 bits per heavy atom. The molecule has 1 heterocycles. The molecule has 2 heteroatoms. The van der Waals surface area contributed by atoms with E-state index in [0.29, 0.717) is 18.4 Å². The van der Waals surface area contributed by atoms with E-state index in [0.717, 1.165) is 5.75 Å². The number of ether oxygens (including phenoxy) is 1. The van der Waals surface area contributed by atoms with E-state index in [1.807, 2.05) is 6.92 Å². The summed E-state index contributed by atoms with van der Waals surface area (Å²) in [6.07, 6.45) is 13.5. The van der Waals surface area contributed by atoms with Crippen LogP contribution in [0.1, 0.15) is 94.4 Å². The molecule has 0 unspecified atom stereocenters. The maximum absolute atomic E-state index is 5.62. The first-order valence-corrected chi connectivity index (χ1v) is 11.1. The van der Waals surface area contributed by atoms with E-state index < -0.39 is 0 Å². The van der Waals surface area contributed by atoms with Crippen molar-refractivity contribution in [3.8, 4) is 16.9 Å². The third-order valence-electron chi connectivity index (χ3n) is 6.41. The van der Waals surface area contributed by atoms with Gasteiger partial charge in [0.25, 0.3) is 0 Å². The lowest BCUT2D eigenvalue weighted by molar-refractivity contribution is 0.340. The molecule has 27 heavy (non-hydrogen) atoms. The Hall–Kier alpha value is -1.83.